The van der Waals surface area contributed by atoms with Gasteiger partial charge in [0.2, 0.25) is 0 Å². The lowest BCUT2D eigenvalue weighted by Gasteiger charge is -2.08. The number of carbonyl (C=O) groups is 1. The molecule has 0 aliphatic carbocycles. The lowest BCUT2D eigenvalue weighted by molar-refractivity contribution is -0.384. The largest absolute Gasteiger partial charge is 0.478 e. The van der Waals surface area contributed by atoms with Crippen molar-refractivity contribution >= 4 is 11.7 Å². The molecule has 2 rings (SSSR count). The average Bonchev–Trinajstić information content (AvgIpc) is 2.41. The fourth-order valence-corrected chi connectivity index (χ4v) is 1.58. The zero-order valence-electron chi connectivity index (χ0n) is 10.4. The number of benzene rings is 1. The summed E-state index contributed by atoms with van der Waals surface area (Å²) in [6, 6.07) is 5.48. The van der Waals surface area contributed by atoms with E-state index in [1.165, 1.54) is 36.7 Å². The summed E-state index contributed by atoms with van der Waals surface area (Å²) >= 11 is 0. The van der Waals surface area contributed by atoms with E-state index in [0.29, 0.717) is 11.3 Å². The van der Waals surface area contributed by atoms with Crippen molar-refractivity contribution in [1.82, 2.24) is 4.98 Å². The van der Waals surface area contributed by atoms with Gasteiger partial charge in [0.05, 0.1) is 16.7 Å². The van der Waals surface area contributed by atoms with E-state index in [-0.39, 0.29) is 17.0 Å². The van der Waals surface area contributed by atoms with Gasteiger partial charge in [-0.25, -0.2) is 4.79 Å². The number of hydrogen-bond donors (Lipinski definition) is 1. The molecule has 7 nitrogen and oxygen atoms in total. The summed E-state index contributed by atoms with van der Waals surface area (Å²) < 4.78 is 5.49. The summed E-state index contributed by atoms with van der Waals surface area (Å²) in [5.41, 5.74) is 0.536. The standard InChI is InChI=1S/C13H10N2O5/c1-8-4-10(15(18)19)2-3-12(8)20-11-5-9(13(16)17)6-14-7-11/h2-7H,1H3,(H,16,17). The van der Waals surface area contributed by atoms with Gasteiger partial charge in [-0.1, -0.05) is 0 Å². The third-order valence-corrected chi connectivity index (χ3v) is 2.56. The highest BCUT2D eigenvalue weighted by Gasteiger charge is 2.11. The van der Waals surface area contributed by atoms with Crippen LogP contribution in [-0.4, -0.2) is 21.0 Å². The van der Waals surface area contributed by atoms with Gasteiger partial charge in [0, 0.05) is 18.3 Å². The van der Waals surface area contributed by atoms with E-state index < -0.39 is 10.9 Å². The molecule has 1 heterocycles. The Labute approximate surface area is 113 Å². The van der Waals surface area contributed by atoms with E-state index in [2.05, 4.69) is 4.98 Å². The molecule has 0 atom stereocenters. The molecule has 20 heavy (non-hydrogen) atoms. The molecule has 7 heteroatoms. The van der Waals surface area contributed by atoms with Crippen LogP contribution in [0.4, 0.5) is 5.69 Å². The SMILES string of the molecule is Cc1cc([N+](=O)[O-])ccc1Oc1cncc(C(=O)O)c1. The zero-order valence-corrected chi connectivity index (χ0v) is 10.4. The van der Waals surface area contributed by atoms with Crippen molar-refractivity contribution in [3.05, 3.63) is 57.9 Å². The Hall–Kier alpha value is -2.96. The Bertz CT molecular complexity index is 684. The molecule has 2 aromatic rings. The summed E-state index contributed by atoms with van der Waals surface area (Å²) in [5.74, 6) is -0.454. The maximum atomic E-state index is 10.8. The molecule has 1 aromatic heterocycles. The van der Waals surface area contributed by atoms with Gasteiger partial charge in [-0.2, -0.15) is 0 Å². The number of aryl methyl sites for hydroxylation is 1. The Morgan fingerprint density at radius 3 is 2.70 bits per heavy atom. The number of aromatic nitrogens is 1. The van der Waals surface area contributed by atoms with Crippen LogP contribution in [-0.2, 0) is 0 Å². The molecule has 1 N–H and O–H groups in total. The topological polar surface area (TPSA) is 103 Å². The van der Waals surface area contributed by atoms with Crippen LogP contribution in [0.15, 0.2) is 36.7 Å². The predicted octanol–water partition coefficient (Wildman–Crippen LogP) is 2.79. The van der Waals surface area contributed by atoms with Crippen LogP contribution in [0.3, 0.4) is 0 Å². The highest BCUT2D eigenvalue weighted by Crippen LogP contribution is 2.28. The number of non-ortho nitro benzene ring substituents is 1. The molecule has 0 amide bonds. The normalized spacial score (nSPS) is 10.1. The van der Waals surface area contributed by atoms with Gasteiger partial charge < -0.3 is 9.84 Å². The molecule has 0 saturated heterocycles. The first kappa shape index (κ1) is 13.5. The quantitative estimate of drug-likeness (QED) is 0.679. The zero-order chi connectivity index (χ0) is 14.7. The molecule has 0 fully saturated rings. The van der Waals surface area contributed by atoms with Gasteiger partial charge in [0.1, 0.15) is 11.5 Å². The van der Waals surface area contributed by atoms with Gasteiger partial charge in [0.15, 0.2) is 0 Å². The lowest BCUT2D eigenvalue weighted by atomic mass is 10.2. The highest BCUT2D eigenvalue weighted by atomic mass is 16.6. The van der Waals surface area contributed by atoms with Crippen LogP contribution in [0.1, 0.15) is 15.9 Å². The van der Waals surface area contributed by atoms with Crippen molar-refractivity contribution in [2.75, 3.05) is 0 Å². The van der Waals surface area contributed by atoms with E-state index in [0.717, 1.165) is 0 Å². The van der Waals surface area contributed by atoms with Crippen molar-refractivity contribution in [3.8, 4) is 11.5 Å². The van der Waals surface area contributed by atoms with E-state index in [4.69, 9.17) is 9.84 Å². The van der Waals surface area contributed by atoms with Crippen LogP contribution >= 0.6 is 0 Å². The van der Waals surface area contributed by atoms with Gasteiger partial charge in [-0.3, -0.25) is 15.1 Å². The first-order valence-corrected chi connectivity index (χ1v) is 5.58. The van der Waals surface area contributed by atoms with Crippen molar-refractivity contribution in [1.29, 1.82) is 0 Å². The molecular formula is C13H10N2O5. The second kappa shape index (κ2) is 5.35. The number of hydrogen-bond acceptors (Lipinski definition) is 5. The van der Waals surface area contributed by atoms with Crippen LogP contribution < -0.4 is 4.74 Å². The fourth-order valence-electron chi connectivity index (χ4n) is 1.58. The average molecular weight is 274 g/mol. The first-order chi connectivity index (χ1) is 9.47. The number of nitro groups is 1. The molecule has 102 valence electrons. The maximum Gasteiger partial charge on any atom is 0.337 e. The number of carboxylic acids is 1. The molecule has 0 aliphatic rings. The van der Waals surface area contributed by atoms with Crippen molar-refractivity contribution in [3.63, 3.8) is 0 Å². The Morgan fingerprint density at radius 1 is 1.35 bits per heavy atom. The number of rotatable bonds is 4. The van der Waals surface area contributed by atoms with Gasteiger partial charge in [-0.15, -0.1) is 0 Å². The second-order valence-electron chi connectivity index (χ2n) is 4.02. The summed E-state index contributed by atoms with van der Waals surface area (Å²) in [7, 11) is 0. The summed E-state index contributed by atoms with van der Waals surface area (Å²) in [6.07, 6.45) is 2.57. The Morgan fingerprint density at radius 2 is 2.10 bits per heavy atom. The number of nitrogens with zero attached hydrogens (tertiary/aromatic N) is 2. The minimum Gasteiger partial charge on any atom is -0.478 e. The van der Waals surface area contributed by atoms with Crippen LogP contribution in [0, 0.1) is 17.0 Å². The molecular weight excluding hydrogens is 264 g/mol. The molecule has 0 radical (unpaired) electrons. The van der Waals surface area contributed by atoms with Crippen LogP contribution in [0.25, 0.3) is 0 Å². The minimum atomic E-state index is -1.11. The van der Waals surface area contributed by atoms with E-state index in [1.54, 1.807) is 6.92 Å². The smallest absolute Gasteiger partial charge is 0.337 e. The number of nitro benzene ring substituents is 1. The predicted molar refractivity (Wildman–Crippen MR) is 69.1 cm³/mol. The van der Waals surface area contributed by atoms with Gasteiger partial charge in [-0.05, 0) is 24.6 Å². The first-order valence-electron chi connectivity index (χ1n) is 5.58. The lowest BCUT2D eigenvalue weighted by Crippen LogP contribution is -1.98. The molecule has 0 bridgehead atoms. The van der Waals surface area contributed by atoms with Crippen molar-refractivity contribution < 1.29 is 19.6 Å². The molecule has 0 spiro atoms. The van der Waals surface area contributed by atoms with Gasteiger partial charge in [0.25, 0.3) is 5.69 Å². The van der Waals surface area contributed by atoms with Gasteiger partial charge >= 0.3 is 5.97 Å². The number of pyridine rings is 1. The Balaban J connectivity index is 2.28. The van der Waals surface area contributed by atoms with E-state index >= 15 is 0 Å². The maximum absolute atomic E-state index is 10.8. The summed E-state index contributed by atoms with van der Waals surface area (Å²) in [4.78, 5) is 24.7. The summed E-state index contributed by atoms with van der Waals surface area (Å²) in [5, 5.41) is 19.5. The van der Waals surface area contributed by atoms with Crippen molar-refractivity contribution in [2.24, 2.45) is 0 Å². The van der Waals surface area contributed by atoms with Crippen molar-refractivity contribution in [2.45, 2.75) is 6.92 Å². The monoisotopic (exact) mass is 274 g/mol. The third-order valence-electron chi connectivity index (χ3n) is 2.56. The minimum absolute atomic E-state index is 0.00191. The molecule has 0 saturated carbocycles. The second-order valence-corrected chi connectivity index (χ2v) is 4.02. The number of aromatic carboxylic acids is 1. The number of ether oxygens (including phenoxy) is 1. The van der Waals surface area contributed by atoms with Crippen LogP contribution in [0.2, 0.25) is 0 Å². The highest BCUT2D eigenvalue weighted by molar-refractivity contribution is 5.87. The molecule has 0 unspecified atom stereocenters. The Kier molecular flexibility index (Phi) is 3.60. The summed E-state index contributed by atoms with van der Waals surface area (Å²) in [6.45, 7) is 1.66. The fraction of sp³-hybridized carbons (Fsp3) is 0.0769. The van der Waals surface area contributed by atoms with E-state index in [1.807, 2.05) is 0 Å². The van der Waals surface area contributed by atoms with Crippen LogP contribution in [0.5, 0.6) is 11.5 Å². The van der Waals surface area contributed by atoms with E-state index in [9.17, 15) is 14.9 Å². The molecule has 1 aromatic carbocycles. The number of carboxylic acid groups (broad SMARTS) is 1. The molecule has 0 aliphatic heterocycles. The third kappa shape index (κ3) is 2.89.